The molecule has 7 nitrogen and oxygen atoms in total. The molecular weight excluding hydrogens is 346 g/mol. The minimum absolute atomic E-state index is 0.0748. The lowest BCUT2D eigenvalue weighted by atomic mass is 10.1. The zero-order valence-corrected chi connectivity index (χ0v) is 14.4. The van der Waals surface area contributed by atoms with E-state index in [4.69, 9.17) is 4.74 Å². The topological polar surface area (TPSA) is 74.6 Å². The van der Waals surface area contributed by atoms with Gasteiger partial charge in [-0.25, -0.2) is 13.8 Å². The van der Waals surface area contributed by atoms with Crippen LogP contribution in [0.15, 0.2) is 28.2 Å². The molecular formula is C17H18F2N4O3. The van der Waals surface area contributed by atoms with Gasteiger partial charge in [0.25, 0.3) is 11.8 Å². The van der Waals surface area contributed by atoms with E-state index < -0.39 is 17.9 Å². The summed E-state index contributed by atoms with van der Waals surface area (Å²) in [6.45, 7) is 2.93. The van der Waals surface area contributed by atoms with Crippen molar-refractivity contribution in [2.45, 2.75) is 13.1 Å². The molecule has 1 saturated heterocycles. The molecule has 0 aliphatic carbocycles. The Labute approximate surface area is 149 Å². The molecule has 138 valence electrons. The maximum Gasteiger partial charge on any atom is 0.289 e. The minimum Gasteiger partial charge on any atom is -0.494 e. The minimum atomic E-state index is -1.79. The van der Waals surface area contributed by atoms with E-state index in [9.17, 15) is 18.4 Å². The SMILES string of the molecule is COc1ccc(C(=O)N2CCN(C3=NC(=O)C(F)C(C)=N3)CC2)cc1F. The summed E-state index contributed by atoms with van der Waals surface area (Å²) >= 11 is 0. The number of methoxy groups -OCH3 is 1. The summed E-state index contributed by atoms with van der Waals surface area (Å²) in [6, 6.07) is 4.06. The number of alkyl halides is 1. The van der Waals surface area contributed by atoms with Gasteiger partial charge in [-0.05, 0) is 25.1 Å². The first kappa shape index (κ1) is 18.0. The van der Waals surface area contributed by atoms with E-state index in [2.05, 4.69) is 9.98 Å². The summed E-state index contributed by atoms with van der Waals surface area (Å²) in [5.74, 6) is -1.51. The van der Waals surface area contributed by atoms with Crippen LogP contribution in [0, 0.1) is 5.82 Å². The van der Waals surface area contributed by atoms with Crippen LogP contribution in [0.4, 0.5) is 8.78 Å². The Morgan fingerprint density at radius 1 is 1.23 bits per heavy atom. The molecule has 1 fully saturated rings. The summed E-state index contributed by atoms with van der Waals surface area (Å²) < 4.78 is 32.1. The predicted molar refractivity (Wildman–Crippen MR) is 90.9 cm³/mol. The van der Waals surface area contributed by atoms with Crippen LogP contribution < -0.4 is 4.74 Å². The molecule has 3 rings (SSSR count). The molecule has 9 heteroatoms. The van der Waals surface area contributed by atoms with E-state index in [0.29, 0.717) is 26.2 Å². The molecule has 0 bridgehead atoms. The maximum atomic E-state index is 13.8. The first-order valence-electron chi connectivity index (χ1n) is 8.10. The summed E-state index contributed by atoms with van der Waals surface area (Å²) in [6.07, 6.45) is -1.79. The number of piperazine rings is 1. The van der Waals surface area contributed by atoms with Crippen LogP contribution in [0.2, 0.25) is 0 Å². The Morgan fingerprint density at radius 2 is 1.92 bits per heavy atom. The lowest BCUT2D eigenvalue weighted by molar-refractivity contribution is -0.120. The van der Waals surface area contributed by atoms with E-state index in [1.54, 1.807) is 9.80 Å². The second kappa shape index (κ2) is 7.19. The summed E-state index contributed by atoms with van der Waals surface area (Å²) in [7, 11) is 1.35. The molecule has 26 heavy (non-hydrogen) atoms. The summed E-state index contributed by atoms with van der Waals surface area (Å²) in [4.78, 5) is 35.0. The molecule has 2 aliphatic rings. The Kier molecular flexibility index (Phi) is 4.97. The van der Waals surface area contributed by atoms with Crippen molar-refractivity contribution >= 4 is 23.5 Å². The highest BCUT2D eigenvalue weighted by Crippen LogP contribution is 2.19. The third-order valence-electron chi connectivity index (χ3n) is 4.32. The maximum absolute atomic E-state index is 13.8. The number of nitrogens with zero attached hydrogens (tertiary/aromatic N) is 4. The van der Waals surface area contributed by atoms with E-state index >= 15 is 0 Å². The van der Waals surface area contributed by atoms with E-state index in [1.165, 1.54) is 26.2 Å². The highest BCUT2D eigenvalue weighted by Gasteiger charge is 2.30. The highest BCUT2D eigenvalue weighted by atomic mass is 19.1. The van der Waals surface area contributed by atoms with E-state index in [1.807, 2.05) is 0 Å². The molecule has 2 heterocycles. The fourth-order valence-corrected chi connectivity index (χ4v) is 2.81. The molecule has 1 unspecified atom stereocenters. The van der Waals surface area contributed by atoms with Crippen LogP contribution in [-0.2, 0) is 4.79 Å². The van der Waals surface area contributed by atoms with E-state index in [0.717, 1.165) is 6.07 Å². The van der Waals surface area contributed by atoms with Crippen molar-refractivity contribution in [3.63, 3.8) is 0 Å². The second-order valence-electron chi connectivity index (χ2n) is 5.99. The fraction of sp³-hybridized carbons (Fsp3) is 0.412. The van der Waals surface area contributed by atoms with Gasteiger partial charge < -0.3 is 14.5 Å². The predicted octanol–water partition coefficient (Wildman–Crippen LogP) is 1.29. The number of ether oxygens (including phenoxy) is 1. The fourth-order valence-electron chi connectivity index (χ4n) is 2.81. The number of hydrogen-bond acceptors (Lipinski definition) is 5. The number of aliphatic imine (C=N–C) groups is 2. The van der Waals surface area contributed by atoms with Crippen LogP contribution in [0.1, 0.15) is 17.3 Å². The average molecular weight is 364 g/mol. The number of guanidine groups is 1. The highest BCUT2D eigenvalue weighted by molar-refractivity contribution is 6.16. The monoisotopic (exact) mass is 364 g/mol. The Bertz CT molecular complexity index is 801. The molecule has 0 N–H and O–H groups in total. The molecule has 1 atom stereocenters. The van der Waals surface area contributed by atoms with Crippen LogP contribution in [0.5, 0.6) is 5.75 Å². The van der Waals surface area contributed by atoms with Gasteiger partial charge in [-0.2, -0.15) is 4.99 Å². The van der Waals surface area contributed by atoms with Crippen LogP contribution >= 0.6 is 0 Å². The number of amides is 2. The van der Waals surface area contributed by atoms with Crippen molar-refractivity contribution in [2.75, 3.05) is 33.3 Å². The van der Waals surface area contributed by atoms with Gasteiger partial charge >= 0.3 is 0 Å². The largest absolute Gasteiger partial charge is 0.494 e. The third-order valence-corrected chi connectivity index (χ3v) is 4.32. The summed E-state index contributed by atoms with van der Waals surface area (Å²) in [5, 5.41) is 0. The molecule has 0 aromatic heterocycles. The molecule has 2 amide bonds. The van der Waals surface area contributed by atoms with Gasteiger partial charge in [-0.3, -0.25) is 9.59 Å². The standard InChI is InChI=1S/C17H18F2N4O3/c1-10-14(19)15(24)21-17(20-10)23-7-5-22(6-8-23)16(25)11-3-4-13(26-2)12(18)9-11/h3-4,9,14H,5-8H2,1-2H3. The van der Waals surface area contributed by atoms with Gasteiger partial charge in [-0.15, -0.1) is 0 Å². The lowest BCUT2D eigenvalue weighted by Gasteiger charge is -2.35. The van der Waals surface area contributed by atoms with Crippen LogP contribution in [0.25, 0.3) is 0 Å². The van der Waals surface area contributed by atoms with Crippen LogP contribution in [-0.4, -0.2) is 72.7 Å². The normalized spacial score (nSPS) is 20.6. The van der Waals surface area contributed by atoms with Gasteiger partial charge in [0.05, 0.1) is 12.8 Å². The van der Waals surface area contributed by atoms with Gasteiger partial charge in [0.2, 0.25) is 12.1 Å². The van der Waals surface area contributed by atoms with Gasteiger partial charge in [-0.1, -0.05) is 0 Å². The number of carbonyl (C=O) groups excluding carboxylic acids is 2. The van der Waals surface area contributed by atoms with Crippen molar-refractivity contribution in [1.29, 1.82) is 0 Å². The first-order valence-corrected chi connectivity index (χ1v) is 8.10. The molecule has 2 aliphatic heterocycles. The molecule has 0 saturated carbocycles. The number of hydrogen-bond donors (Lipinski definition) is 0. The second-order valence-corrected chi connectivity index (χ2v) is 5.99. The molecule has 1 aromatic rings. The molecule has 1 aromatic carbocycles. The Balaban J connectivity index is 1.65. The Morgan fingerprint density at radius 3 is 2.50 bits per heavy atom. The van der Waals surface area contributed by atoms with Crippen molar-refractivity contribution < 1.29 is 23.1 Å². The molecule has 0 radical (unpaired) electrons. The number of benzene rings is 1. The first-order chi connectivity index (χ1) is 12.4. The number of halogens is 2. The smallest absolute Gasteiger partial charge is 0.289 e. The van der Waals surface area contributed by atoms with Gasteiger partial charge in [0, 0.05) is 31.7 Å². The van der Waals surface area contributed by atoms with Crippen LogP contribution in [0.3, 0.4) is 0 Å². The summed E-state index contributed by atoms with van der Waals surface area (Å²) in [5.41, 5.74) is 0.309. The van der Waals surface area contributed by atoms with E-state index in [-0.39, 0.29) is 28.9 Å². The van der Waals surface area contributed by atoms with Crippen molar-refractivity contribution in [2.24, 2.45) is 9.98 Å². The van der Waals surface area contributed by atoms with Crippen molar-refractivity contribution in [3.05, 3.63) is 29.6 Å². The Hall–Kier alpha value is -2.84. The average Bonchev–Trinajstić information content (AvgIpc) is 2.65. The lowest BCUT2D eigenvalue weighted by Crippen LogP contribution is -2.51. The molecule has 0 spiro atoms. The van der Waals surface area contributed by atoms with Gasteiger partial charge in [0.15, 0.2) is 11.6 Å². The quantitative estimate of drug-likeness (QED) is 0.793. The number of carbonyl (C=O) groups is 2. The van der Waals surface area contributed by atoms with Gasteiger partial charge in [0.1, 0.15) is 0 Å². The van der Waals surface area contributed by atoms with Crippen molar-refractivity contribution in [1.82, 2.24) is 9.80 Å². The number of rotatable bonds is 2. The zero-order chi connectivity index (χ0) is 18.8. The third kappa shape index (κ3) is 3.42. The zero-order valence-electron chi connectivity index (χ0n) is 14.4. The van der Waals surface area contributed by atoms with Crippen molar-refractivity contribution in [3.8, 4) is 5.75 Å².